The molecule has 0 rings (SSSR count). The summed E-state index contributed by atoms with van der Waals surface area (Å²) in [5, 5.41) is 5.76. The van der Waals surface area contributed by atoms with E-state index in [1.165, 1.54) is 0 Å². The van der Waals surface area contributed by atoms with Crippen LogP contribution in [0.15, 0.2) is 0 Å². The first-order valence-electron chi connectivity index (χ1n) is 8.00. The zero-order valence-corrected chi connectivity index (χ0v) is 14.3. The number of amides is 2. The molecule has 0 aliphatic heterocycles. The molecule has 0 unspecified atom stereocenters. The van der Waals surface area contributed by atoms with E-state index >= 15 is 0 Å². The van der Waals surface area contributed by atoms with Gasteiger partial charge in [-0.05, 0) is 33.6 Å². The van der Waals surface area contributed by atoms with Crippen molar-refractivity contribution in [2.75, 3.05) is 13.1 Å². The molecule has 0 saturated heterocycles. The van der Waals surface area contributed by atoms with Gasteiger partial charge in [0.25, 0.3) is 0 Å². The molecule has 0 radical (unpaired) electrons. The van der Waals surface area contributed by atoms with Crippen LogP contribution in [0.25, 0.3) is 0 Å². The molecule has 0 heterocycles. The molecular formula is C16H33N3O2. The minimum atomic E-state index is -0.482. The molecule has 0 bridgehead atoms. The van der Waals surface area contributed by atoms with E-state index in [2.05, 4.69) is 24.5 Å². The predicted octanol–water partition coefficient (Wildman–Crippen LogP) is 1.95. The molecule has 0 aromatic carbocycles. The monoisotopic (exact) mass is 299 g/mol. The fourth-order valence-corrected chi connectivity index (χ4v) is 2.56. The first kappa shape index (κ1) is 19.9. The Hall–Kier alpha value is -1.10. The number of nitrogens with one attached hydrogen (secondary N) is 2. The molecule has 0 spiro atoms. The summed E-state index contributed by atoms with van der Waals surface area (Å²) in [6.07, 6.45) is 3.72. The van der Waals surface area contributed by atoms with E-state index in [1.807, 2.05) is 20.8 Å². The molecule has 124 valence electrons. The van der Waals surface area contributed by atoms with Crippen LogP contribution in [0.3, 0.4) is 0 Å². The van der Waals surface area contributed by atoms with Crippen molar-refractivity contribution in [3.8, 4) is 0 Å². The summed E-state index contributed by atoms with van der Waals surface area (Å²) < 4.78 is 0. The van der Waals surface area contributed by atoms with Crippen molar-refractivity contribution in [2.45, 2.75) is 72.3 Å². The summed E-state index contributed by atoms with van der Waals surface area (Å²) in [6, 6.07) is 0. The van der Waals surface area contributed by atoms with Crippen molar-refractivity contribution in [1.29, 1.82) is 0 Å². The highest BCUT2D eigenvalue weighted by Crippen LogP contribution is 2.28. The van der Waals surface area contributed by atoms with Gasteiger partial charge in [0.05, 0.1) is 5.41 Å². The van der Waals surface area contributed by atoms with Crippen molar-refractivity contribution >= 4 is 11.8 Å². The third-order valence-corrected chi connectivity index (χ3v) is 3.48. The Labute approximate surface area is 129 Å². The van der Waals surface area contributed by atoms with Crippen LogP contribution in [-0.4, -0.2) is 30.4 Å². The zero-order chi connectivity index (χ0) is 16.5. The van der Waals surface area contributed by atoms with E-state index in [1.54, 1.807) is 0 Å². The summed E-state index contributed by atoms with van der Waals surface area (Å²) in [5.41, 5.74) is 5.13. The van der Waals surface area contributed by atoms with E-state index in [4.69, 9.17) is 5.73 Å². The van der Waals surface area contributed by atoms with Gasteiger partial charge in [-0.1, -0.05) is 26.7 Å². The number of carbonyl (C=O) groups is 2. The predicted molar refractivity (Wildman–Crippen MR) is 86.8 cm³/mol. The van der Waals surface area contributed by atoms with Crippen LogP contribution in [0.2, 0.25) is 0 Å². The lowest BCUT2D eigenvalue weighted by Gasteiger charge is -2.30. The fourth-order valence-electron chi connectivity index (χ4n) is 2.56. The third kappa shape index (κ3) is 7.46. The van der Waals surface area contributed by atoms with Crippen LogP contribution >= 0.6 is 0 Å². The molecule has 0 aliphatic rings. The van der Waals surface area contributed by atoms with Gasteiger partial charge in [-0.3, -0.25) is 9.59 Å². The molecule has 21 heavy (non-hydrogen) atoms. The summed E-state index contributed by atoms with van der Waals surface area (Å²) in [7, 11) is 0. The molecule has 5 nitrogen and oxygen atoms in total. The summed E-state index contributed by atoms with van der Waals surface area (Å²) in [6.45, 7) is 10.6. The van der Waals surface area contributed by atoms with Crippen molar-refractivity contribution in [3.05, 3.63) is 0 Å². The van der Waals surface area contributed by atoms with Gasteiger partial charge in [-0.15, -0.1) is 0 Å². The average molecular weight is 299 g/mol. The van der Waals surface area contributed by atoms with Crippen LogP contribution in [0.4, 0.5) is 0 Å². The summed E-state index contributed by atoms with van der Waals surface area (Å²) in [5.74, 6) is -0.0654. The SMILES string of the molecule is CCCC(CN)(CCC)C(=O)NCCC(=O)NC(C)(C)C. The number of rotatable bonds is 9. The Bertz CT molecular complexity index is 329. The van der Waals surface area contributed by atoms with Crippen molar-refractivity contribution < 1.29 is 9.59 Å². The second-order valence-corrected chi connectivity index (χ2v) is 6.79. The number of hydrogen-bond donors (Lipinski definition) is 3. The van der Waals surface area contributed by atoms with E-state index in [0.717, 1.165) is 25.7 Å². The van der Waals surface area contributed by atoms with Crippen LogP contribution in [0.1, 0.15) is 66.7 Å². The number of carbonyl (C=O) groups excluding carboxylic acids is 2. The van der Waals surface area contributed by atoms with Crippen molar-refractivity contribution in [2.24, 2.45) is 11.1 Å². The van der Waals surface area contributed by atoms with E-state index < -0.39 is 5.41 Å². The highest BCUT2D eigenvalue weighted by molar-refractivity contribution is 5.83. The van der Waals surface area contributed by atoms with E-state index in [0.29, 0.717) is 19.5 Å². The van der Waals surface area contributed by atoms with Crippen LogP contribution in [0.5, 0.6) is 0 Å². The van der Waals surface area contributed by atoms with Crippen molar-refractivity contribution in [3.63, 3.8) is 0 Å². The number of hydrogen-bond acceptors (Lipinski definition) is 3. The second-order valence-electron chi connectivity index (χ2n) is 6.79. The Morgan fingerprint density at radius 2 is 1.57 bits per heavy atom. The third-order valence-electron chi connectivity index (χ3n) is 3.48. The van der Waals surface area contributed by atoms with Gasteiger partial charge < -0.3 is 16.4 Å². The molecule has 0 atom stereocenters. The first-order chi connectivity index (χ1) is 9.70. The van der Waals surface area contributed by atoms with Gasteiger partial charge in [0.1, 0.15) is 0 Å². The second kappa shape index (κ2) is 9.03. The highest BCUT2D eigenvalue weighted by atomic mass is 16.2. The van der Waals surface area contributed by atoms with Gasteiger partial charge in [0, 0.05) is 25.0 Å². The lowest BCUT2D eigenvalue weighted by atomic mass is 9.78. The van der Waals surface area contributed by atoms with Gasteiger partial charge in [-0.2, -0.15) is 0 Å². The van der Waals surface area contributed by atoms with Gasteiger partial charge in [-0.25, -0.2) is 0 Å². The molecule has 0 aromatic heterocycles. The molecule has 5 heteroatoms. The smallest absolute Gasteiger partial charge is 0.227 e. The van der Waals surface area contributed by atoms with Crippen molar-refractivity contribution in [1.82, 2.24) is 10.6 Å². The van der Waals surface area contributed by atoms with Crippen LogP contribution in [-0.2, 0) is 9.59 Å². The topological polar surface area (TPSA) is 84.2 Å². The molecule has 0 saturated carbocycles. The van der Waals surface area contributed by atoms with Gasteiger partial charge in [0.2, 0.25) is 11.8 Å². The first-order valence-corrected chi connectivity index (χ1v) is 8.00. The fraction of sp³-hybridized carbons (Fsp3) is 0.875. The quantitative estimate of drug-likeness (QED) is 0.608. The maximum absolute atomic E-state index is 12.4. The lowest BCUT2D eigenvalue weighted by Crippen LogP contribution is -2.47. The molecule has 4 N–H and O–H groups in total. The Balaban J connectivity index is 4.41. The molecular weight excluding hydrogens is 266 g/mol. The largest absolute Gasteiger partial charge is 0.355 e. The molecule has 0 aromatic rings. The molecule has 2 amide bonds. The van der Waals surface area contributed by atoms with Gasteiger partial charge >= 0.3 is 0 Å². The maximum atomic E-state index is 12.4. The van der Waals surface area contributed by atoms with Crippen LogP contribution in [0, 0.1) is 5.41 Å². The summed E-state index contributed by atoms with van der Waals surface area (Å²) >= 11 is 0. The Morgan fingerprint density at radius 1 is 1.05 bits per heavy atom. The van der Waals surface area contributed by atoms with Gasteiger partial charge in [0.15, 0.2) is 0 Å². The Kier molecular flexibility index (Phi) is 8.55. The lowest BCUT2D eigenvalue weighted by molar-refractivity contribution is -0.131. The van der Waals surface area contributed by atoms with E-state index in [-0.39, 0.29) is 17.4 Å². The summed E-state index contributed by atoms with van der Waals surface area (Å²) in [4.78, 5) is 24.1. The zero-order valence-electron chi connectivity index (χ0n) is 14.3. The number of nitrogens with two attached hydrogens (primary N) is 1. The molecule has 0 fully saturated rings. The normalized spacial score (nSPS) is 12.1. The van der Waals surface area contributed by atoms with E-state index in [9.17, 15) is 9.59 Å². The Morgan fingerprint density at radius 3 is 1.95 bits per heavy atom. The molecule has 0 aliphatic carbocycles. The minimum absolute atomic E-state index is 0.0164. The average Bonchev–Trinajstić information content (AvgIpc) is 2.36. The van der Waals surface area contributed by atoms with Crippen LogP contribution < -0.4 is 16.4 Å². The highest BCUT2D eigenvalue weighted by Gasteiger charge is 2.34. The minimum Gasteiger partial charge on any atom is -0.355 e. The maximum Gasteiger partial charge on any atom is 0.227 e. The standard InChI is InChI=1S/C16H33N3O2/c1-6-9-16(12-17,10-7-2)14(21)18-11-8-13(20)19-15(3,4)5/h6-12,17H2,1-5H3,(H,18,21)(H,19,20).